The molecule has 0 radical (unpaired) electrons. The molecule has 1 aliphatic rings. The van der Waals surface area contributed by atoms with Gasteiger partial charge in [0.25, 0.3) is 0 Å². The predicted octanol–water partition coefficient (Wildman–Crippen LogP) is -0.201. The summed E-state index contributed by atoms with van der Waals surface area (Å²) in [6, 6.07) is 0.453. The molecule has 1 fully saturated rings. The van der Waals surface area contributed by atoms with Crippen LogP contribution in [0.5, 0.6) is 0 Å². The van der Waals surface area contributed by atoms with Gasteiger partial charge in [-0.15, -0.1) is 0 Å². The molecule has 1 saturated carbocycles. The second-order valence-electron chi connectivity index (χ2n) is 6.31. The number of quaternary nitrogens is 1. The Balaban J connectivity index is 2.20. The van der Waals surface area contributed by atoms with Crippen LogP contribution in [0.1, 0.15) is 33.1 Å². The topological polar surface area (TPSA) is 52.6 Å². The molecule has 5 N–H and O–H groups in total. The first-order chi connectivity index (χ1) is 9.90. The molecule has 0 aromatic rings. The molecule has 0 heterocycles. The second kappa shape index (κ2) is 9.38. The highest BCUT2D eigenvalue weighted by Crippen LogP contribution is 2.29. The molecule has 0 aromatic carbocycles. The first-order valence-corrected chi connectivity index (χ1v) is 8.61. The number of rotatable bonds is 4. The summed E-state index contributed by atoms with van der Waals surface area (Å²) >= 11 is 10.5. The number of likely N-dealkylation sites (N-methyl/N-ethyl adjacent to an activating group) is 1. The number of thiocarbonyl (C=S) groups is 2. The lowest BCUT2D eigenvalue weighted by Gasteiger charge is -2.35. The minimum absolute atomic E-state index is 0.453. The average Bonchev–Trinajstić information content (AvgIpc) is 2.41. The Hall–Kier alpha value is -0.660. The summed E-state index contributed by atoms with van der Waals surface area (Å²) in [5, 5.41) is 7.72. The molecule has 0 bridgehead atoms. The Morgan fingerprint density at radius 2 is 1.76 bits per heavy atom. The predicted molar refractivity (Wildman–Crippen MR) is 96.3 cm³/mol. The fourth-order valence-corrected chi connectivity index (χ4v) is 2.93. The van der Waals surface area contributed by atoms with Gasteiger partial charge in [0.1, 0.15) is 0 Å². The lowest BCUT2D eigenvalue weighted by molar-refractivity contribution is -0.856. The van der Waals surface area contributed by atoms with Gasteiger partial charge in [0.05, 0.1) is 27.2 Å². The van der Waals surface area contributed by atoms with Crippen molar-refractivity contribution in [1.82, 2.24) is 21.5 Å². The molecule has 1 aliphatic carbocycles. The highest BCUT2D eigenvalue weighted by atomic mass is 32.1. The van der Waals surface area contributed by atoms with Crippen LogP contribution in [-0.4, -0.2) is 43.5 Å². The van der Waals surface area contributed by atoms with Crippen LogP contribution in [0.2, 0.25) is 0 Å². The quantitative estimate of drug-likeness (QED) is 0.363. The lowest BCUT2D eigenvalue weighted by Crippen LogP contribution is -3.06. The van der Waals surface area contributed by atoms with Gasteiger partial charge in [0, 0.05) is 6.04 Å². The maximum absolute atomic E-state index is 5.32. The monoisotopic (exact) mass is 332 g/mol. The molecule has 1 rings (SSSR count). The standard InChI is InChI=1S/C14H29N5S2/c1-10-6-5-7-12(11(10)2)16-14(21)18-17-13(20)15-8-9-19(3)4/h10-12H,5-9H2,1-4H3,(H2,15,17,20)(H2,16,18,21)/p+1/t10-,11+,12-/m0/s1. The molecule has 122 valence electrons. The zero-order valence-corrected chi connectivity index (χ0v) is 15.2. The van der Waals surface area contributed by atoms with Crippen LogP contribution >= 0.6 is 24.4 Å². The molecule has 0 aromatic heterocycles. The van der Waals surface area contributed by atoms with Crippen molar-refractivity contribution in [2.75, 3.05) is 27.2 Å². The van der Waals surface area contributed by atoms with E-state index in [9.17, 15) is 0 Å². The third-order valence-electron chi connectivity index (χ3n) is 4.22. The molecule has 7 heteroatoms. The van der Waals surface area contributed by atoms with Crippen molar-refractivity contribution in [3.8, 4) is 0 Å². The molecular weight excluding hydrogens is 302 g/mol. The summed E-state index contributed by atoms with van der Waals surface area (Å²) in [5.41, 5.74) is 5.89. The van der Waals surface area contributed by atoms with Crippen LogP contribution in [0, 0.1) is 11.8 Å². The minimum Gasteiger partial charge on any atom is -0.358 e. The summed E-state index contributed by atoms with van der Waals surface area (Å²) in [7, 11) is 4.23. The third kappa shape index (κ3) is 7.24. The highest BCUT2D eigenvalue weighted by molar-refractivity contribution is 7.80. The van der Waals surface area contributed by atoms with Crippen molar-refractivity contribution in [2.24, 2.45) is 11.8 Å². The van der Waals surface area contributed by atoms with Crippen molar-refractivity contribution in [3.63, 3.8) is 0 Å². The molecule has 21 heavy (non-hydrogen) atoms. The molecule has 5 nitrogen and oxygen atoms in total. The Labute approximate surface area is 139 Å². The summed E-state index contributed by atoms with van der Waals surface area (Å²) < 4.78 is 0. The van der Waals surface area contributed by atoms with E-state index in [0.29, 0.717) is 22.2 Å². The van der Waals surface area contributed by atoms with Crippen LogP contribution < -0.4 is 26.4 Å². The van der Waals surface area contributed by atoms with Crippen molar-refractivity contribution < 1.29 is 4.90 Å². The lowest BCUT2D eigenvalue weighted by atomic mass is 9.78. The van der Waals surface area contributed by atoms with Gasteiger partial charge in [0.15, 0.2) is 10.2 Å². The number of hydrazine groups is 1. The molecule has 0 spiro atoms. The van der Waals surface area contributed by atoms with E-state index in [1.54, 1.807) is 0 Å². The van der Waals surface area contributed by atoms with Gasteiger partial charge in [0.2, 0.25) is 0 Å². The smallest absolute Gasteiger partial charge is 0.185 e. The Morgan fingerprint density at radius 1 is 1.10 bits per heavy atom. The van der Waals surface area contributed by atoms with E-state index in [-0.39, 0.29) is 0 Å². The van der Waals surface area contributed by atoms with E-state index in [1.165, 1.54) is 24.2 Å². The second-order valence-corrected chi connectivity index (χ2v) is 7.13. The molecule has 0 amide bonds. The van der Waals surface area contributed by atoms with E-state index >= 15 is 0 Å². The summed E-state index contributed by atoms with van der Waals surface area (Å²) in [5.74, 6) is 1.40. The van der Waals surface area contributed by atoms with Crippen LogP contribution in [0.4, 0.5) is 0 Å². The first kappa shape index (κ1) is 18.4. The largest absolute Gasteiger partial charge is 0.358 e. The molecule has 0 unspecified atom stereocenters. The first-order valence-electron chi connectivity index (χ1n) is 7.79. The van der Waals surface area contributed by atoms with E-state index in [1.807, 2.05) is 0 Å². The highest BCUT2D eigenvalue weighted by Gasteiger charge is 2.27. The van der Waals surface area contributed by atoms with Gasteiger partial charge in [-0.2, -0.15) is 0 Å². The van der Waals surface area contributed by atoms with E-state index in [0.717, 1.165) is 19.0 Å². The van der Waals surface area contributed by atoms with Gasteiger partial charge < -0.3 is 15.5 Å². The SMILES string of the molecule is C[C@H]1[C@@H](NC(=S)NNC(=S)NCC[NH+](C)C)CCC[C@@H]1C. The van der Waals surface area contributed by atoms with Gasteiger partial charge >= 0.3 is 0 Å². The van der Waals surface area contributed by atoms with Gasteiger partial charge in [-0.1, -0.05) is 26.7 Å². The minimum atomic E-state index is 0.453. The number of hydrogen-bond acceptors (Lipinski definition) is 2. The Morgan fingerprint density at radius 3 is 2.43 bits per heavy atom. The summed E-state index contributed by atoms with van der Waals surface area (Å²) in [4.78, 5) is 1.39. The van der Waals surface area contributed by atoms with Crippen LogP contribution in [0.25, 0.3) is 0 Å². The van der Waals surface area contributed by atoms with Gasteiger partial charge in [-0.3, -0.25) is 10.9 Å². The molecule has 0 saturated heterocycles. The third-order valence-corrected chi connectivity index (χ3v) is 4.69. The van der Waals surface area contributed by atoms with Crippen LogP contribution in [0.15, 0.2) is 0 Å². The van der Waals surface area contributed by atoms with E-state index < -0.39 is 0 Å². The zero-order valence-electron chi connectivity index (χ0n) is 13.6. The molecule has 0 aliphatic heterocycles. The summed E-state index contributed by atoms with van der Waals surface area (Å²) in [6.45, 7) is 6.47. The van der Waals surface area contributed by atoms with E-state index in [2.05, 4.69) is 49.4 Å². The maximum atomic E-state index is 5.32. The molecule has 3 atom stereocenters. The number of hydrogen-bond donors (Lipinski definition) is 5. The normalized spacial score (nSPS) is 25.3. The number of nitrogens with one attached hydrogen (secondary N) is 5. The molecular formula is C14H30N5S2+. The van der Waals surface area contributed by atoms with E-state index in [4.69, 9.17) is 24.4 Å². The fourth-order valence-electron chi connectivity index (χ4n) is 2.57. The maximum Gasteiger partial charge on any atom is 0.185 e. The van der Waals surface area contributed by atoms with Crippen molar-refractivity contribution >= 4 is 34.7 Å². The van der Waals surface area contributed by atoms with Gasteiger partial charge in [-0.05, 0) is 42.7 Å². The van der Waals surface area contributed by atoms with Gasteiger partial charge in [-0.25, -0.2) is 0 Å². The average molecular weight is 333 g/mol. The fraction of sp³-hybridized carbons (Fsp3) is 0.857. The Bertz CT molecular complexity index is 348. The van der Waals surface area contributed by atoms with Crippen LogP contribution in [-0.2, 0) is 0 Å². The Kier molecular flexibility index (Phi) is 8.21. The van der Waals surface area contributed by atoms with Crippen molar-refractivity contribution in [2.45, 2.75) is 39.2 Å². The summed E-state index contributed by atoms with van der Waals surface area (Å²) in [6.07, 6.45) is 3.77. The van der Waals surface area contributed by atoms with Crippen molar-refractivity contribution in [3.05, 3.63) is 0 Å². The zero-order chi connectivity index (χ0) is 15.8. The van der Waals surface area contributed by atoms with Crippen molar-refractivity contribution in [1.29, 1.82) is 0 Å². The van der Waals surface area contributed by atoms with Crippen LogP contribution in [0.3, 0.4) is 0 Å².